The quantitative estimate of drug-likeness (QED) is 0.321. The Morgan fingerprint density at radius 2 is 1.83 bits per heavy atom. The van der Waals surface area contributed by atoms with Gasteiger partial charge in [-0.25, -0.2) is 4.79 Å². The SMILES string of the molecule is CCOC(=O)/C(C#N)=C\C=C1/C=CN(CC(=O)c2ccccc2)c2ccccc21. The molecule has 0 unspecified atom stereocenters. The smallest absolute Gasteiger partial charge is 0.348 e. The molecule has 1 heterocycles. The van der Waals surface area contributed by atoms with Crippen molar-refractivity contribution in [1.82, 2.24) is 0 Å². The van der Waals surface area contributed by atoms with Crippen LogP contribution >= 0.6 is 0 Å². The summed E-state index contributed by atoms with van der Waals surface area (Å²) in [6, 6.07) is 18.7. The predicted molar refractivity (Wildman–Crippen MR) is 112 cm³/mol. The number of anilines is 1. The van der Waals surface area contributed by atoms with E-state index in [1.54, 1.807) is 25.1 Å². The number of carbonyl (C=O) groups is 2. The van der Waals surface area contributed by atoms with Crippen LogP contribution in [0.4, 0.5) is 5.69 Å². The van der Waals surface area contributed by atoms with Crippen molar-refractivity contribution in [2.75, 3.05) is 18.1 Å². The van der Waals surface area contributed by atoms with Gasteiger partial charge in [-0.1, -0.05) is 54.6 Å². The lowest BCUT2D eigenvalue weighted by molar-refractivity contribution is -0.138. The number of fused-ring (bicyclic) bond motifs is 1. The molecule has 2 aromatic carbocycles. The monoisotopic (exact) mass is 384 g/mol. The molecule has 0 spiro atoms. The average molecular weight is 384 g/mol. The minimum absolute atomic E-state index is 0.0199. The highest BCUT2D eigenvalue weighted by Gasteiger charge is 2.19. The minimum atomic E-state index is -0.644. The van der Waals surface area contributed by atoms with E-state index in [1.807, 2.05) is 65.7 Å². The van der Waals surface area contributed by atoms with E-state index in [0.717, 1.165) is 16.8 Å². The van der Waals surface area contributed by atoms with Crippen LogP contribution in [0.1, 0.15) is 22.8 Å². The van der Waals surface area contributed by atoms with Crippen LogP contribution in [-0.2, 0) is 9.53 Å². The van der Waals surface area contributed by atoms with Gasteiger partial charge in [0.05, 0.1) is 13.2 Å². The highest BCUT2D eigenvalue weighted by molar-refractivity contribution is 6.01. The Balaban J connectivity index is 1.88. The highest BCUT2D eigenvalue weighted by atomic mass is 16.5. The van der Waals surface area contributed by atoms with Crippen LogP contribution in [0, 0.1) is 11.3 Å². The van der Waals surface area contributed by atoms with E-state index in [9.17, 15) is 14.9 Å². The van der Waals surface area contributed by atoms with E-state index in [0.29, 0.717) is 5.56 Å². The summed E-state index contributed by atoms with van der Waals surface area (Å²) in [4.78, 5) is 26.3. The van der Waals surface area contributed by atoms with Crippen LogP contribution in [0.15, 0.2) is 84.6 Å². The van der Waals surface area contributed by atoms with Crippen LogP contribution in [0.3, 0.4) is 0 Å². The number of ketones is 1. The fourth-order valence-electron chi connectivity index (χ4n) is 2.99. The molecular weight excluding hydrogens is 364 g/mol. The molecule has 0 N–H and O–H groups in total. The van der Waals surface area contributed by atoms with Gasteiger partial charge in [-0.15, -0.1) is 0 Å². The largest absolute Gasteiger partial charge is 0.462 e. The number of carbonyl (C=O) groups excluding carboxylic acids is 2. The molecule has 0 bridgehead atoms. The number of para-hydroxylation sites is 1. The second-order valence-electron chi connectivity index (χ2n) is 6.28. The lowest BCUT2D eigenvalue weighted by Crippen LogP contribution is -2.27. The van der Waals surface area contributed by atoms with Crippen LogP contribution in [0.2, 0.25) is 0 Å². The number of nitriles is 1. The zero-order chi connectivity index (χ0) is 20.6. The third-order valence-corrected chi connectivity index (χ3v) is 4.41. The molecule has 0 aliphatic carbocycles. The second kappa shape index (κ2) is 9.34. The van der Waals surface area contributed by atoms with Crippen molar-refractivity contribution in [3.05, 3.63) is 95.7 Å². The van der Waals surface area contributed by atoms with Gasteiger partial charge in [0.1, 0.15) is 11.6 Å². The van der Waals surface area contributed by atoms with Crippen LogP contribution in [-0.4, -0.2) is 24.9 Å². The normalized spacial score (nSPS) is 14.3. The van der Waals surface area contributed by atoms with E-state index >= 15 is 0 Å². The summed E-state index contributed by atoms with van der Waals surface area (Å²) in [7, 11) is 0. The molecule has 0 radical (unpaired) electrons. The Morgan fingerprint density at radius 1 is 1.10 bits per heavy atom. The lowest BCUT2D eigenvalue weighted by Gasteiger charge is -2.27. The Labute approximate surface area is 169 Å². The zero-order valence-corrected chi connectivity index (χ0v) is 16.0. The van der Waals surface area contributed by atoms with E-state index in [-0.39, 0.29) is 24.5 Å². The molecule has 0 aromatic heterocycles. The highest BCUT2D eigenvalue weighted by Crippen LogP contribution is 2.32. The number of ether oxygens (including phenoxy) is 1. The molecule has 0 atom stereocenters. The first kappa shape index (κ1) is 19.8. The number of esters is 1. The van der Waals surface area contributed by atoms with E-state index < -0.39 is 5.97 Å². The van der Waals surface area contributed by atoms with Gasteiger partial charge in [0.15, 0.2) is 5.78 Å². The van der Waals surface area contributed by atoms with Gasteiger partial charge in [0.2, 0.25) is 0 Å². The second-order valence-corrected chi connectivity index (χ2v) is 6.28. The van der Waals surface area contributed by atoms with Crippen LogP contribution < -0.4 is 4.90 Å². The summed E-state index contributed by atoms with van der Waals surface area (Å²) in [5.74, 6) is -0.624. The van der Waals surface area contributed by atoms with Gasteiger partial charge < -0.3 is 9.64 Å². The first-order valence-corrected chi connectivity index (χ1v) is 9.25. The van der Waals surface area contributed by atoms with E-state index in [1.165, 1.54) is 6.08 Å². The lowest BCUT2D eigenvalue weighted by atomic mass is 9.98. The first-order chi connectivity index (χ1) is 14.1. The molecule has 0 amide bonds. The summed E-state index contributed by atoms with van der Waals surface area (Å²) in [6.07, 6.45) is 6.86. The van der Waals surface area contributed by atoms with Crippen molar-refractivity contribution < 1.29 is 14.3 Å². The molecular formula is C24H20N2O3. The van der Waals surface area contributed by atoms with Gasteiger partial charge in [0.25, 0.3) is 0 Å². The van der Waals surface area contributed by atoms with Gasteiger partial charge in [-0.05, 0) is 30.7 Å². The maximum atomic E-state index is 12.6. The van der Waals surface area contributed by atoms with Gasteiger partial charge >= 0.3 is 5.97 Å². The van der Waals surface area contributed by atoms with Gasteiger partial charge in [0, 0.05) is 23.0 Å². The fraction of sp³-hybridized carbons (Fsp3) is 0.125. The van der Waals surface area contributed by atoms with Crippen molar-refractivity contribution >= 4 is 23.0 Å². The molecule has 3 rings (SSSR count). The molecule has 5 heteroatoms. The third-order valence-electron chi connectivity index (χ3n) is 4.41. The van der Waals surface area contributed by atoms with Gasteiger partial charge in [-0.3, -0.25) is 4.79 Å². The van der Waals surface area contributed by atoms with Crippen LogP contribution in [0.5, 0.6) is 0 Å². The van der Waals surface area contributed by atoms with Gasteiger partial charge in [-0.2, -0.15) is 5.26 Å². The van der Waals surface area contributed by atoms with Crippen molar-refractivity contribution in [3.8, 4) is 6.07 Å². The summed E-state index contributed by atoms with van der Waals surface area (Å²) in [5, 5.41) is 9.19. The maximum absolute atomic E-state index is 12.6. The minimum Gasteiger partial charge on any atom is -0.462 e. The number of nitrogens with zero attached hydrogens (tertiary/aromatic N) is 2. The number of Topliss-reactive ketones (excluding diaryl/α,β-unsaturated/α-hetero) is 1. The number of benzene rings is 2. The Hall–Kier alpha value is -3.91. The first-order valence-electron chi connectivity index (χ1n) is 9.25. The molecule has 1 aliphatic heterocycles. The molecule has 0 fully saturated rings. The van der Waals surface area contributed by atoms with Crippen molar-refractivity contribution in [2.45, 2.75) is 6.92 Å². The Kier molecular flexibility index (Phi) is 6.39. The predicted octanol–water partition coefficient (Wildman–Crippen LogP) is 4.30. The van der Waals surface area contributed by atoms with E-state index in [2.05, 4.69) is 0 Å². The van der Waals surface area contributed by atoms with Crippen LogP contribution in [0.25, 0.3) is 5.57 Å². The topological polar surface area (TPSA) is 70.4 Å². The average Bonchev–Trinajstić information content (AvgIpc) is 2.76. The number of allylic oxidation sites excluding steroid dienone is 4. The molecule has 1 aliphatic rings. The maximum Gasteiger partial charge on any atom is 0.348 e. The van der Waals surface area contributed by atoms with Crippen molar-refractivity contribution in [3.63, 3.8) is 0 Å². The van der Waals surface area contributed by atoms with E-state index in [4.69, 9.17) is 4.74 Å². The Bertz CT molecular complexity index is 1040. The molecule has 2 aromatic rings. The Morgan fingerprint density at radius 3 is 2.55 bits per heavy atom. The van der Waals surface area contributed by atoms with Crippen molar-refractivity contribution in [2.24, 2.45) is 0 Å². The molecule has 5 nitrogen and oxygen atoms in total. The molecule has 144 valence electrons. The summed E-state index contributed by atoms with van der Waals surface area (Å²) in [5.41, 5.74) is 3.23. The molecule has 29 heavy (non-hydrogen) atoms. The number of hydrogen-bond donors (Lipinski definition) is 0. The number of rotatable bonds is 6. The number of hydrogen-bond acceptors (Lipinski definition) is 5. The fourth-order valence-corrected chi connectivity index (χ4v) is 2.99. The van der Waals surface area contributed by atoms with Crippen molar-refractivity contribution in [1.29, 1.82) is 5.26 Å². The molecule has 0 saturated heterocycles. The molecule has 0 saturated carbocycles. The summed E-state index contributed by atoms with van der Waals surface area (Å²) >= 11 is 0. The third kappa shape index (κ3) is 4.69. The zero-order valence-electron chi connectivity index (χ0n) is 16.0. The summed E-state index contributed by atoms with van der Waals surface area (Å²) < 4.78 is 4.88. The summed E-state index contributed by atoms with van der Waals surface area (Å²) in [6.45, 7) is 2.12. The standard InChI is InChI=1S/C24H20N2O3/c1-2-29-24(28)20(16-25)13-12-18-14-15-26(22-11-7-6-10-21(18)22)17-23(27)19-8-4-3-5-9-19/h3-15H,2,17H2,1H3/b18-12+,20-13-.